The van der Waals surface area contributed by atoms with E-state index in [1.807, 2.05) is 0 Å². The molecule has 0 radical (unpaired) electrons. The number of hydrogen-bond donors (Lipinski definition) is 1. The van der Waals surface area contributed by atoms with Gasteiger partial charge >= 0.3 is 0 Å². The molecule has 1 fully saturated rings. The molecular formula is C16H25N3O. The van der Waals surface area contributed by atoms with Crippen LogP contribution in [0.15, 0.2) is 6.20 Å². The molecule has 2 aliphatic rings. The van der Waals surface area contributed by atoms with Crippen LogP contribution in [0.2, 0.25) is 0 Å². The second-order valence-corrected chi connectivity index (χ2v) is 6.17. The molecule has 1 aliphatic heterocycles. The van der Waals surface area contributed by atoms with Gasteiger partial charge in [0.05, 0.1) is 5.69 Å². The minimum absolute atomic E-state index is 0.258. The van der Waals surface area contributed by atoms with Gasteiger partial charge in [0.25, 0.3) is 0 Å². The smallest absolute Gasteiger partial charge is 0.223 e. The summed E-state index contributed by atoms with van der Waals surface area (Å²) in [6.07, 6.45) is 12.5. The largest absolute Gasteiger partial charge is 0.355 e. The van der Waals surface area contributed by atoms with Crippen LogP contribution in [0.1, 0.15) is 56.5 Å². The van der Waals surface area contributed by atoms with Crippen molar-refractivity contribution in [2.24, 2.45) is 5.92 Å². The summed E-state index contributed by atoms with van der Waals surface area (Å²) < 4.78 is 2.28. The zero-order chi connectivity index (χ0) is 13.8. The maximum Gasteiger partial charge on any atom is 0.223 e. The van der Waals surface area contributed by atoms with Gasteiger partial charge in [-0.2, -0.15) is 0 Å². The van der Waals surface area contributed by atoms with Gasteiger partial charge in [0.1, 0.15) is 5.82 Å². The number of carbonyl (C=O) groups is 1. The van der Waals surface area contributed by atoms with Crippen LogP contribution in [0.4, 0.5) is 0 Å². The molecule has 1 amide bonds. The number of aryl methyl sites for hydroxylation is 2. The standard InChI is InChI=1S/C16H25N3O/c20-16(13-6-2-1-3-7-13)17-10-9-14-12-19-11-5-4-8-15(19)18-14/h12-13H,1-11H2,(H,17,20). The molecule has 0 unspecified atom stereocenters. The molecule has 0 spiro atoms. The van der Waals surface area contributed by atoms with Gasteiger partial charge in [0, 0.05) is 38.0 Å². The molecular weight excluding hydrogens is 250 g/mol. The Bertz CT molecular complexity index is 437. The highest BCUT2D eigenvalue weighted by atomic mass is 16.1. The SMILES string of the molecule is O=C(NCCc1cn2c(n1)CCCC2)C1CCCCC1. The van der Waals surface area contributed by atoms with Gasteiger partial charge in [-0.05, 0) is 25.7 Å². The minimum atomic E-state index is 0.258. The number of imidazole rings is 1. The first-order valence-corrected chi connectivity index (χ1v) is 8.15. The second kappa shape index (κ2) is 6.42. The number of fused-ring (bicyclic) bond motifs is 1. The molecule has 4 heteroatoms. The Morgan fingerprint density at radius 1 is 1.25 bits per heavy atom. The van der Waals surface area contributed by atoms with Crippen LogP contribution in [0.5, 0.6) is 0 Å². The van der Waals surface area contributed by atoms with Crippen molar-refractivity contribution in [3.05, 3.63) is 17.7 Å². The molecule has 2 heterocycles. The lowest BCUT2D eigenvalue weighted by atomic mass is 9.89. The van der Waals surface area contributed by atoms with Crippen molar-refractivity contribution >= 4 is 5.91 Å². The Kier molecular flexibility index (Phi) is 4.38. The summed E-state index contributed by atoms with van der Waals surface area (Å²) >= 11 is 0. The number of hydrogen-bond acceptors (Lipinski definition) is 2. The molecule has 1 aliphatic carbocycles. The quantitative estimate of drug-likeness (QED) is 0.917. The van der Waals surface area contributed by atoms with Gasteiger partial charge in [0.15, 0.2) is 0 Å². The number of amides is 1. The lowest BCUT2D eigenvalue weighted by Crippen LogP contribution is -2.33. The van der Waals surface area contributed by atoms with E-state index in [9.17, 15) is 4.79 Å². The lowest BCUT2D eigenvalue weighted by Gasteiger charge is -2.20. The molecule has 0 aromatic carbocycles. The fraction of sp³-hybridized carbons (Fsp3) is 0.750. The van der Waals surface area contributed by atoms with E-state index in [4.69, 9.17) is 0 Å². The fourth-order valence-electron chi connectivity index (χ4n) is 3.41. The van der Waals surface area contributed by atoms with Crippen LogP contribution in [0.3, 0.4) is 0 Å². The van der Waals surface area contributed by atoms with E-state index in [-0.39, 0.29) is 11.8 Å². The molecule has 1 N–H and O–H groups in total. The summed E-state index contributed by atoms with van der Waals surface area (Å²) in [5, 5.41) is 3.09. The van der Waals surface area contributed by atoms with Crippen LogP contribution >= 0.6 is 0 Å². The molecule has 1 aromatic heterocycles. The highest BCUT2D eigenvalue weighted by Gasteiger charge is 2.20. The summed E-state index contributed by atoms with van der Waals surface area (Å²) in [6.45, 7) is 1.84. The fourth-order valence-corrected chi connectivity index (χ4v) is 3.41. The van der Waals surface area contributed by atoms with Crippen molar-refractivity contribution < 1.29 is 4.79 Å². The van der Waals surface area contributed by atoms with E-state index in [0.717, 1.165) is 44.5 Å². The van der Waals surface area contributed by atoms with Crippen LogP contribution in [-0.4, -0.2) is 22.0 Å². The number of aromatic nitrogens is 2. The first-order chi connectivity index (χ1) is 9.83. The van der Waals surface area contributed by atoms with Gasteiger partial charge in [-0.15, -0.1) is 0 Å². The first kappa shape index (κ1) is 13.7. The Morgan fingerprint density at radius 2 is 2.10 bits per heavy atom. The third kappa shape index (κ3) is 3.22. The van der Waals surface area contributed by atoms with Crippen LogP contribution < -0.4 is 5.32 Å². The normalized spacial score (nSPS) is 19.6. The van der Waals surface area contributed by atoms with Crippen molar-refractivity contribution in [1.29, 1.82) is 0 Å². The molecule has 0 saturated heterocycles. The van der Waals surface area contributed by atoms with Gasteiger partial charge in [-0.3, -0.25) is 4.79 Å². The van der Waals surface area contributed by atoms with Gasteiger partial charge in [-0.25, -0.2) is 4.98 Å². The minimum Gasteiger partial charge on any atom is -0.355 e. The molecule has 110 valence electrons. The average Bonchev–Trinajstić information content (AvgIpc) is 2.90. The molecule has 1 aromatic rings. The van der Waals surface area contributed by atoms with E-state index < -0.39 is 0 Å². The summed E-state index contributed by atoms with van der Waals surface area (Å²) in [6, 6.07) is 0. The number of carbonyl (C=O) groups excluding carboxylic acids is 1. The van der Waals surface area contributed by atoms with Crippen molar-refractivity contribution in [2.45, 2.75) is 64.3 Å². The highest BCUT2D eigenvalue weighted by Crippen LogP contribution is 2.23. The molecule has 1 saturated carbocycles. The molecule has 4 nitrogen and oxygen atoms in total. The Labute approximate surface area is 121 Å². The molecule has 0 atom stereocenters. The Balaban J connectivity index is 1.45. The van der Waals surface area contributed by atoms with Crippen molar-refractivity contribution in [3.63, 3.8) is 0 Å². The number of nitrogens with zero attached hydrogens (tertiary/aromatic N) is 2. The van der Waals surface area contributed by atoms with E-state index in [1.165, 1.54) is 37.9 Å². The predicted molar refractivity (Wildman–Crippen MR) is 78.5 cm³/mol. The van der Waals surface area contributed by atoms with E-state index >= 15 is 0 Å². The Hall–Kier alpha value is -1.32. The Morgan fingerprint density at radius 3 is 2.90 bits per heavy atom. The van der Waals surface area contributed by atoms with E-state index in [0.29, 0.717) is 0 Å². The zero-order valence-electron chi connectivity index (χ0n) is 12.2. The predicted octanol–water partition coefficient (Wildman–Crippen LogP) is 2.46. The van der Waals surface area contributed by atoms with Crippen LogP contribution in [0, 0.1) is 5.92 Å². The third-order valence-corrected chi connectivity index (χ3v) is 4.61. The van der Waals surface area contributed by atoms with E-state index in [1.54, 1.807) is 0 Å². The molecule has 20 heavy (non-hydrogen) atoms. The lowest BCUT2D eigenvalue weighted by molar-refractivity contribution is -0.125. The topological polar surface area (TPSA) is 46.9 Å². The highest BCUT2D eigenvalue weighted by molar-refractivity contribution is 5.78. The van der Waals surface area contributed by atoms with Crippen molar-refractivity contribution in [3.8, 4) is 0 Å². The van der Waals surface area contributed by atoms with Crippen molar-refractivity contribution in [1.82, 2.24) is 14.9 Å². The summed E-state index contributed by atoms with van der Waals surface area (Å²) in [5.41, 5.74) is 1.13. The van der Waals surface area contributed by atoms with E-state index in [2.05, 4.69) is 21.1 Å². The molecule has 3 rings (SSSR count). The molecule has 0 bridgehead atoms. The summed E-state index contributed by atoms with van der Waals surface area (Å²) in [5.74, 6) is 1.75. The van der Waals surface area contributed by atoms with Crippen LogP contribution in [-0.2, 0) is 24.2 Å². The first-order valence-electron chi connectivity index (χ1n) is 8.15. The van der Waals surface area contributed by atoms with Crippen molar-refractivity contribution in [2.75, 3.05) is 6.54 Å². The maximum absolute atomic E-state index is 12.0. The maximum atomic E-state index is 12.0. The van der Waals surface area contributed by atoms with Gasteiger partial charge < -0.3 is 9.88 Å². The summed E-state index contributed by atoms with van der Waals surface area (Å²) in [7, 11) is 0. The van der Waals surface area contributed by atoms with Crippen LogP contribution in [0.25, 0.3) is 0 Å². The third-order valence-electron chi connectivity index (χ3n) is 4.61. The van der Waals surface area contributed by atoms with Gasteiger partial charge in [0.2, 0.25) is 5.91 Å². The average molecular weight is 275 g/mol. The second-order valence-electron chi connectivity index (χ2n) is 6.17. The zero-order valence-corrected chi connectivity index (χ0v) is 12.2. The van der Waals surface area contributed by atoms with Gasteiger partial charge in [-0.1, -0.05) is 19.3 Å². The summed E-state index contributed by atoms with van der Waals surface area (Å²) in [4.78, 5) is 16.7. The number of rotatable bonds is 4. The monoisotopic (exact) mass is 275 g/mol. The number of nitrogens with one attached hydrogen (secondary N) is 1.